The van der Waals surface area contributed by atoms with Crippen LogP contribution in [0, 0.1) is 0 Å². The van der Waals surface area contributed by atoms with E-state index in [1.807, 2.05) is 30.3 Å². The summed E-state index contributed by atoms with van der Waals surface area (Å²) < 4.78 is 5.86. The highest BCUT2D eigenvalue weighted by Gasteiger charge is 2.31. The molecule has 0 radical (unpaired) electrons. The van der Waals surface area contributed by atoms with Crippen molar-refractivity contribution >= 4 is 5.91 Å². The molecule has 1 saturated heterocycles. The second kappa shape index (κ2) is 8.12. The predicted octanol–water partition coefficient (Wildman–Crippen LogP) is 1.61. The van der Waals surface area contributed by atoms with Gasteiger partial charge in [-0.15, -0.1) is 0 Å². The van der Waals surface area contributed by atoms with Gasteiger partial charge in [-0.25, -0.2) is 5.84 Å². The van der Waals surface area contributed by atoms with Crippen molar-refractivity contribution in [3.05, 3.63) is 35.9 Å². The topological polar surface area (TPSA) is 67.6 Å². The predicted molar refractivity (Wildman–Crippen MR) is 82.4 cm³/mol. The molecule has 1 aromatic carbocycles. The zero-order valence-corrected chi connectivity index (χ0v) is 12.6. The highest BCUT2D eigenvalue weighted by molar-refractivity contribution is 5.82. The fourth-order valence-electron chi connectivity index (χ4n) is 2.86. The Labute approximate surface area is 126 Å². The number of amides is 1. The van der Waals surface area contributed by atoms with Gasteiger partial charge >= 0.3 is 0 Å². The summed E-state index contributed by atoms with van der Waals surface area (Å²) in [7, 11) is 0. The number of nitrogens with two attached hydrogens (primary N) is 1. The van der Waals surface area contributed by atoms with Crippen LogP contribution >= 0.6 is 0 Å². The van der Waals surface area contributed by atoms with Crippen LogP contribution in [0.1, 0.15) is 37.8 Å². The van der Waals surface area contributed by atoms with Crippen molar-refractivity contribution in [3.63, 3.8) is 0 Å². The molecule has 2 rings (SSSR count). The molecule has 116 valence electrons. The molecule has 1 heterocycles. The Kier molecular flexibility index (Phi) is 6.17. The van der Waals surface area contributed by atoms with Gasteiger partial charge in [-0.3, -0.25) is 15.1 Å². The van der Waals surface area contributed by atoms with E-state index in [9.17, 15) is 4.79 Å². The number of hydrogen-bond donors (Lipinski definition) is 2. The molecule has 1 aliphatic heterocycles. The summed E-state index contributed by atoms with van der Waals surface area (Å²) in [6.07, 6.45) is 3.31. The first-order valence-electron chi connectivity index (χ1n) is 7.67. The summed E-state index contributed by atoms with van der Waals surface area (Å²) in [6.45, 7) is 4.54. The first-order chi connectivity index (χ1) is 10.3. The van der Waals surface area contributed by atoms with Gasteiger partial charge in [0.05, 0.1) is 6.10 Å². The molecule has 2 atom stereocenters. The van der Waals surface area contributed by atoms with Crippen molar-refractivity contribution < 1.29 is 9.53 Å². The van der Waals surface area contributed by atoms with Crippen molar-refractivity contribution in [2.24, 2.45) is 5.84 Å². The van der Waals surface area contributed by atoms with Gasteiger partial charge in [0.15, 0.2) is 0 Å². The Morgan fingerprint density at radius 2 is 2.24 bits per heavy atom. The number of nitrogens with zero attached hydrogens (tertiary/aromatic N) is 1. The number of ether oxygens (including phenoxy) is 1. The number of nitrogens with one attached hydrogen (secondary N) is 1. The first-order valence-corrected chi connectivity index (χ1v) is 7.67. The van der Waals surface area contributed by atoms with Gasteiger partial charge in [-0.2, -0.15) is 0 Å². The van der Waals surface area contributed by atoms with E-state index in [2.05, 4.69) is 17.2 Å². The van der Waals surface area contributed by atoms with Crippen LogP contribution in [0.25, 0.3) is 0 Å². The average Bonchev–Trinajstić information content (AvgIpc) is 2.54. The highest BCUT2D eigenvalue weighted by atomic mass is 16.5. The van der Waals surface area contributed by atoms with E-state index in [1.165, 1.54) is 0 Å². The van der Waals surface area contributed by atoms with Gasteiger partial charge < -0.3 is 4.74 Å². The second-order valence-corrected chi connectivity index (χ2v) is 5.45. The molecule has 2 unspecified atom stereocenters. The lowest BCUT2D eigenvalue weighted by molar-refractivity contribution is -0.128. The fourth-order valence-corrected chi connectivity index (χ4v) is 2.86. The monoisotopic (exact) mass is 291 g/mol. The van der Waals surface area contributed by atoms with E-state index in [-0.39, 0.29) is 18.1 Å². The summed E-state index contributed by atoms with van der Waals surface area (Å²) in [4.78, 5) is 14.4. The summed E-state index contributed by atoms with van der Waals surface area (Å²) in [5.74, 6) is 5.21. The quantitative estimate of drug-likeness (QED) is 0.475. The maximum atomic E-state index is 12.2. The number of benzene rings is 1. The Morgan fingerprint density at radius 3 is 2.90 bits per heavy atom. The molecule has 5 nitrogen and oxygen atoms in total. The zero-order valence-electron chi connectivity index (χ0n) is 12.6. The van der Waals surface area contributed by atoms with E-state index in [0.29, 0.717) is 0 Å². The number of likely N-dealkylation sites (tertiary alicyclic amines) is 1. The second-order valence-electron chi connectivity index (χ2n) is 5.45. The smallest absolute Gasteiger partial charge is 0.255 e. The molecule has 1 aliphatic rings. The van der Waals surface area contributed by atoms with Crippen molar-refractivity contribution in [3.8, 4) is 0 Å². The zero-order chi connectivity index (χ0) is 15.1. The number of hydrogen-bond acceptors (Lipinski definition) is 4. The lowest BCUT2D eigenvalue weighted by Gasteiger charge is -2.37. The van der Waals surface area contributed by atoms with Crippen LogP contribution in [0.4, 0.5) is 0 Å². The summed E-state index contributed by atoms with van der Waals surface area (Å²) in [5, 5.41) is 0. The van der Waals surface area contributed by atoms with Crippen LogP contribution in [0.2, 0.25) is 0 Å². The molecule has 5 heteroatoms. The van der Waals surface area contributed by atoms with Crippen LogP contribution in [0.15, 0.2) is 30.3 Å². The van der Waals surface area contributed by atoms with Crippen LogP contribution in [0.3, 0.4) is 0 Å². The minimum absolute atomic E-state index is 0.169. The number of carbonyl (C=O) groups is 1. The summed E-state index contributed by atoms with van der Waals surface area (Å²) >= 11 is 0. The first kappa shape index (κ1) is 15.9. The Balaban J connectivity index is 2.11. The molecule has 1 aromatic rings. The summed E-state index contributed by atoms with van der Waals surface area (Å²) in [5.41, 5.74) is 3.27. The SMILES string of the molecule is CCCOC1CCCN(C(C(=O)NN)c2ccccc2)C1. The van der Waals surface area contributed by atoms with Crippen molar-refractivity contribution in [1.29, 1.82) is 0 Å². The summed E-state index contributed by atoms with van der Waals surface area (Å²) in [6, 6.07) is 9.43. The molecule has 1 amide bonds. The molecule has 0 saturated carbocycles. The van der Waals surface area contributed by atoms with Crippen molar-refractivity contribution in [2.75, 3.05) is 19.7 Å². The number of carbonyl (C=O) groups excluding carboxylic acids is 1. The lowest BCUT2D eigenvalue weighted by Crippen LogP contribution is -2.48. The molecule has 3 N–H and O–H groups in total. The van der Waals surface area contributed by atoms with Crippen LogP contribution < -0.4 is 11.3 Å². The number of rotatable bonds is 6. The Morgan fingerprint density at radius 1 is 1.48 bits per heavy atom. The molecule has 1 fully saturated rings. The maximum Gasteiger partial charge on any atom is 0.255 e. The number of hydrazine groups is 1. The molecule has 0 spiro atoms. The molecule has 0 aromatic heterocycles. The molecular weight excluding hydrogens is 266 g/mol. The van der Waals surface area contributed by atoms with Crippen LogP contribution in [0.5, 0.6) is 0 Å². The van der Waals surface area contributed by atoms with Crippen LogP contribution in [-0.2, 0) is 9.53 Å². The average molecular weight is 291 g/mol. The van der Waals surface area contributed by atoms with Gasteiger partial charge in [0, 0.05) is 13.2 Å². The Hall–Kier alpha value is -1.43. The van der Waals surface area contributed by atoms with E-state index >= 15 is 0 Å². The Bertz CT molecular complexity index is 438. The van der Waals surface area contributed by atoms with Gasteiger partial charge in [-0.1, -0.05) is 37.3 Å². The third-order valence-electron chi connectivity index (χ3n) is 3.84. The lowest BCUT2D eigenvalue weighted by atomic mass is 10.00. The van der Waals surface area contributed by atoms with Crippen molar-refractivity contribution in [2.45, 2.75) is 38.3 Å². The maximum absolute atomic E-state index is 12.2. The van der Waals surface area contributed by atoms with E-state index in [0.717, 1.165) is 44.5 Å². The van der Waals surface area contributed by atoms with Gasteiger partial charge in [-0.05, 0) is 31.4 Å². The molecular formula is C16H25N3O2. The minimum Gasteiger partial charge on any atom is -0.377 e. The molecule has 0 bridgehead atoms. The van der Waals surface area contributed by atoms with Gasteiger partial charge in [0.25, 0.3) is 5.91 Å². The van der Waals surface area contributed by atoms with E-state index < -0.39 is 0 Å². The number of piperidine rings is 1. The molecule has 0 aliphatic carbocycles. The standard InChI is InChI=1S/C16H25N3O2/c1-2-11-21-14-9-6-10-19(12-14)15(16(20)18-17)13-7-4-3-5-8-13/h3-5,7-8,14-15H,2,6,9-12,17H2,1H3,(H,18,20). The van der Waals surface area contributed by atoms with Crippen LogP contribution in [-0.4, -0.2) is 36.6 Å². The third-order valence-corrected chi connectivity index (χ3v) is 3.84. The van der Waals surface area contributed by atoms with E-state index in [4.69, 9.17) is 10.6 Å². The fraction of sp³-hybridized carbons (Fsp3) is 0.562. The van der Waals surface area contributed by atoms with Crippen molar-refractivity contribution in [1.82, 2.24) is 10.3 Å². The third kappa shape index (κ3) is 4.27. The van der Waals surface area contributed by atoms with Gasteiger partial charge in [0.1, 0.15) is 6.04 Å². The highest BCUT2D eigenvalue weighted by Crippen LogP contribution is 2.25. The largest absolute Gasteiger partial charge is 0.377 e. The minimum atomic E-state index is -0.343. The normalized spacial score (nSPS) is 21.0. The molecule has 21 heavy (non-hydrogen) atoms. The van der Waals surface area contributed by atoms with E-state index in [1.54, 1.807) is 0 Å². The van der Waals surface area contributed by atoms with Gasteiger partial charge in [0.2, 0.25) is 0 Å².